The zero-order chi connectivity index (χ0) is 31.1. The molecule has 1 aromatic heterocycles. The van der Waals surface area contributed by atoms with Crippen molar-refractivity contribution in [3.05, 3.63) is 101 Å². The fraction of sp³-hybridized carbons (Fsp3) is 0.389. The van der Waals surface area contributed by atoms with Gasteiger partial charge in [0.1, 0.15) is 23.2 Å². The Labute approximate surface area is 259 Å². The topological polar surface area (TPSA) is 61.5 Å². The molecule has 0 radical (unpaired) electrons. The van der Waals surface area contributed by atoms with Crippen LogP contribution in [0.4, 0.5) is 8.78 Å². The maximum absolute atomic E-state index is 13.6. The number of ether oxygens (including phenoxy) is 1. The number of piperazine rings is 1. The van der Waals surface area contributed by atoms with Gasteiger partial charge in [-0.05, 0) is 100 Å². The quantitative estimate of drug-likeness (QED) is 0.258. The lowest BCUT2D eigenvalue weighted by Crippen LogP contribution is -2.48. The largest absolute Gasteiger partial charge is 0.491 e. The molecule has 1 aliphatic heterocycles. The van der Waals surface area contributed by atoms with Gasteiger partial charge in [0, 0.05) is 61.2 Å². The lowest BCUT2D eigenvalue weighted by molar-refractivity contribution is -0.132. The number of rotatable bonds is 10. The number of H-pyrrole nitrogens is 1. The first-order chi connectivity index (χ1) is 21.3. The number of aryl methyl sites for hydroxylation is 1. The van der Waals surface area contributed by atoms with Crippen LogP contribution in [0.5, 0.6) is 0 Å². The third-order valence-electron chi connectivity index (χ3n) is 8.08. The Kier molecular flexibility index (Phi) is 10.3. The van der Waals surface area contributed by atoms with Crippen molar-refractivity contribution < 1.29 is 18.3 Å². The van der Waals surface area contributed by atoms with Crippen LogP contribution in [0.1, 0.15) is 58.6 Å². The van der Waals surface area contributed by atoms with Crippen LogP contribution in [-0.4, -0.2) is 58.0 Å². The van der Waals surface area contributed by atoms with E-state index in [1.165, 1.54) is 35.5 Å². The van der Waals surface area contributed by atoms with Crippen molar-refractivity contribution in [3.63, 3.8) is 0 Å². The Morgan fingerprint density at radius 2 is 1.57 bits per heavy atom. The smallest absolute Gasteiger partial charge is 0.222 e. The molecule has 232 valence electrons. The Bertz CT molecular complexity index is 1510. The standard InChI is InChI=1S/C36H42F2N4O2/c1-4-26-8-5-6-9-31(24-33(26)44-25(2)3)41-20-22-42(23-21-41)34(43)11-7-10-32-35(27-12-16-29(37)17-13-27)40-36(39-32)28-14-18-30(38)19-15-28/h8-9,12-19,24-25H,4-7,10-11,20-23H2,1-3H3,(H,39,40). The molecule has 5 rings (SSSR count). The molecule has 1 N–H and O–H groups in total. The Hall–Kier alpha value is -4.20. The molecule has 2 aliphatic rings. The zero-order valence-corrected chi connectivity index (χ0v) is 25.9. The third kappa shape index (κ3) is 7.84. The number of benzene rings is 2. The molecule has 2 heterocycles. The lowest BCUT2D eigenvalue weighted by Gasteiger charge is -2.37. The number of carbonyl (C=O) groups excluding carboxylic acids is 1. The van der Waals surface area contributed by atoms with Crippen LogP contribution in [0.2, 0.25) is 0 Å². The molecule has 1 saturated heterocycles. The summed E-state index contributed by atoms with van der Waals surface area (Å²) in [5, 5.41) is 0. The van der Waals surface area contributed by atoms with Crippen LogP contribution < -0.4 is 0 Å². The van der Waals surface area contributed by atoms with Crippen LogP contribution >= 0.6 is 0 Å². The van der Waals surface area contributed by atoms with Crippen molar-refractivity contribution in [2.75, 3.05) is 26.2 Å². The lowest BCUT2D eigenvalue weighted by atomic mass is 10.0. The summed E-state index contributed by atoms with van der Waals surface area (Å²) in [6, 6.07) is 12.4. The Morgan fingerprint density at radius 1 is 0.932 bits per heavy atom. The molecule has 8 heteroatoms. The van der Waals surface area contributed by atoms with Crippen LogP contribution in [-0.2, 0) is 16.0 Å². The van der Waals surface area contributed by atoms with Crippen molar-refractivity contribution in [1.29, 1.82) is 0 Å². The predicted octanol–water partition coefficient (Wildman–Crippen LogP) is 7.81. The molecule has 1 fully saturated rings. The van der Waals surface area contributed by atoms with Crippen molar-refractivity contribution in [3.8, 4) is 22.6 Å². The SMILES string of the molecule is CCC1=CCCC=C(N2CCN(C(=O)CCCc3[nH]c(-c4ccc(F)cc4)nc3-c3ccc(F)cc3)CC2)C=C1OC(C)C. The van der Waals surface area contributed by atoms with E-state index in [1.807, 2.05) is 4.90 Å². The number of amides is 1. The van der Waals surface area contributed by atoms with E-state index in [2.05, 4.69) is 48.9 Å². The highest BCUT2D eigenvalue weighted by molar-refractivity contribution is 5.76. The fourth-order valence-corrected chi connectivity index (χ4v) is 5.75. The van der Waals surface area contributed by atoms with Crippen molar-refractivity contribution in [2.45, 2.75) is 65.4 Å². The molecule has 1 aliphatic carbocycles. The normalized spacial score (nSPS) is 15.8. The predicted molar refractivity (Wildman–Crippen MR) is 170 cm³/mol. The molecule has 0 unspecified atom stereocenters. The number of aromatic amines is 1. The summed E-state index contributed by atoms with van der Waals surface area (Å²) in [7, 11) is 0. The number of nitrogens with one attached hydrogen (secondary N) is 1. The maximum atomic E-state index is 13.6. The average molecular weight is 601 g/mol. The second kappa shape index (κ2) is 14.5. The van der Waals surface area contributed by atoms with Gasteiger partial charge in [-0.1, -0.05) is 19.1 Å². The van der Waals surface area contributed by atoms with E-state index in [-0.39, 0.29) is 23.6 Å². The second-order valence-electron chi connectivity index (χ2n) is 11.6. The number of hydrogen-bond acceptors (Lipinski definition) is 4. The minimum Gasteiger partial charge on any atom is -0.491 e. The highest BCUT2D eigenvalue weighted by Gasteiger charge is 2.23. The van der Waals surface area contributed by atoms with Gasteiger partial charge < -0.3 is 19.5 Å². The fourth-order valence-electron chi connectivity index (χ4n) is 5.75. The second-order valence-corrected chi connectivity index (χ2v) is 11.6. The van der Waals surface area contributed by atoms with Gasteiger partial charge >= 0.3 is 0 Å². The van der Waals surface area contributed by atoms with Gasteiger partial charge in [0.05, 0.1) is 11.8 Å². The molecule has 0 bridgehead atoms. The molecule has 44 heavy (non-hydrogen) atoms. The van der Waals surface area contributed by atoms with Gasteiger partial charge in [-0.25, -0.2) is 13.8 Å². The first-order valence-corrected chi connectivity index (χ1v) is 15.7. The molecule has 0 atom stereocenters. The zero-order valence-electron chi connectivity index (χ0n) is 25.9. The number of aromatic nitrogens is 2. The number of hydrogen-bond donors (Lipinski definition) is 1. The summed E-state index contributed by atoms with van der Waals surface area (Å²) >= 11 is 0. The van der Waals surface area contributed by atoms with Crippen molar-refractivity contribution >= 4 is 5.91 Å². The molecule has 3 aromatic rings. The Balaban J connectivity index is 1.20. The summed E-state index contributed by atoms with van der Waals surface area (Å²) in [6.07, 6.45) is 11.4. The van der Waals surface area contributed by atoms with E-state index < -0.39 is 0 Å². The maximum Gasteiger partial charge on any atom is 0.222 e. The van der Waals surface area contributed by atoms with E-state index in [0.29, 0.717) is 43.9 Å². The van der Waals surface area contributed by atoms with E-state index in [1.54, 1.807) is 24.3 Å². The number of imidazole rings is 1. The van der Waals surface area contributed by atoms with Gasteiger partial charge in [-0.15, -0.1) is 0 Å². The number of nitrogens with zero attached hydrogens (tertiary/aromatic N) is 3. The molecule has 0 spiro atoms. The van der Waals surface area contributed by atoms with Gasteiger partial charge in [-0.2, -0.15) is 0 Å². The van der Waals surface area contributed by atoms with E-state index in [0.717, 1.165) is 54.9 Å². The molecule has 1 amide bonds. The summed E-state index contributed by atoms with van der Waals surface area (Å²) in [6.45, 7) is 9.21. The van der Waals surface area contributed by atoms with E-state index in [9.17, 15) is 13.6 Å². The Morgan fingerprint density at radius 3 is 2.20 bits per heavy atom. The molecule has 0 saturated carbocycles. The van der Waals surface area contributed by atoms with Crippen molar-refractivity contribution in [2.24, 2.45) is 0 Å². The monoisotopic (exact) mass is 600 g/mol. The summed E-state index contributed by atoms with van der Waals surface area (Å²) in [5.74, 6) is 1.08. The third-order valence-corrected chi connectivity index (χ3v) is 8.08. The van der Waals surface area contributed by atoms with Gasteiger partial charge in [0.2, 0.25) is 5.91 Å². The number of allylic oxidation sites excluding steroid dienone is 4. The molecule has 6 nitrogen and oxygen atoms in total. The first kappa shape index (κ1) is 31.2. The van der Waals surface area contributed by atoms with Crippen LogP contribution in [0.3, 0.4) is 0 Å². The summed E-state index contributed by atoms with van der Waals surface area (Å²) in [5.41, 5.74) is 5.56. The number of carbonyl (C=O) groups is 1. The van der Waals surface area contributed by atoms with E-state index in [4.69, 9.17) is 9.72 Å². The minimum atomic E-state index is -0.316. The summed E-state index contributed by atoms with van der Waals surface area (Å²) < 4.78 is 33.3. The number of halogens is 2. The van der Waals surface area contributed by atoms with E-state index >= 15 is 0 Å². The molecular weight excluding hydrogens is 558 g/mol. The van der Waals surface area contributed by atoms with Crippen LogP contribution in [0, 0.1) is 11.6 Å². The van der Waals surface area contributed by atoms with Gasteiger partial charge in [0.15, 0.2) is 0 Å². The average Bonchev–Trinajstić information content (AvgIpc) is 3.43. The molecule has 2 aromatic carbocycles. The first-order valence-electron chi connectivity index (χ1n) is 15.7. The van der Waals surface area contributed by atoms with Gasteiger partial charge in [0.25, 0.3) is 0 Å². The van der Waals surface area contributed by atoms with Gasteiger partial charge in [-0.3, -0.25) is 4.79 Å². The van der Waals surface area contributed by atoms with Crippen LogP contribution in [0.25, 0.3) is 22.6 Å². The van der Waals surface area contributed by atoms with Crippen LogP contribution in [0.15, 0.2) is 83.8 Å². The highest BCUT2D eigenvalue weighted by atomic mass is 19.1. The summed E-state index contributed by atoms with van der Waals surface area (Å²) in [4.78, 5) is 25.7. The molecular formula is C36H42F2N4O2. The van der Waals surface area contributed by atoms with Crippen molar-refractivity contribution in [1.82, 2.24) is 19.8 Å². The minimum absolute atomic E-state index is 0.106. The highest BCUT2D eigenvalue weighted by Crippen LogP contribution is 2.29.